The van der Waals surface area contributed by atoms with Crippen LogP contribution >= 0.6 is 11.3 Å². The maximum Gasteiger partial charge on any atom is 0.294 e. The van der Waals surface area contributed by atoms with E-state index in [-0.39, 0.29) is 11.8 Å². The summed E-state index contributed by atoms with van der Waals surface area (Å²) in [4.78, 5) is 19.8. The van der Waals surface area contributed by atoms with Gasteiger partial charge in [-0.1, -0.05) is 17.7 Å². The maximum absolute atomic E-state index is 12.6. The SMILES string of the molecule is COc1cc(OCC2CCC(=O)N(c3ccc(C)cc3)C2)c2cc(-c3cn4nc(OC)sc4n3)oc2c1. The van der Waals surface area contributed by atoms with Crippen molar-refractivity contribution in [2.75, 3.05) is 32.3 Å². The topological polar surface area (TPSA) is 91.3 Å². The van der Waals surface area contributed by atoms with Gasteiger partial charge in [-0.25, -0.2) is 9.50 Å². The first-order valence-electron chi connectivity index (χ1n) is 12.0. The van der Waals surface area contributed by atoms with E-state index in [2.05, 4.69) is 10.1 Å². The first-order chi connectivity index (χ1) is 18.0. The first-order valence-corrected chi connectivity index (χ1v) is 12.8. The second-order valence-corrected chi connectivity index (χ2v) is 10.0. The molecule has 3 aromatic heterocycles. The highest BCUT2D eigenvalue weighted by atomic mass is 32.1. The summed E-state index contributed by atoms with van der Waals surface area (Å²) < 4.78 is 24.8. The highest BCUT2D eigenvalue weighted by Gasteiger charge is 2.27. The Kier molecular flexibility index (Phi) is 5.96. The van der Waals surface area contributed by atoms with Gasteiger partial charge in [-0.15, -0.1) is 5.10 Å². The lowest BCUT2D eigenvalue weighted by Crippen LogP contribution is -2.41. The zero-order chi connectivity index (χ0) is 25.5. The van der Waals surface area contributed by atoms with Crippen molar-refractivity contribution in [3.05, 3.63) is 54.2 Å². The number of furan rings is 1. The number of carbonyl (C=O) groups excluding carboxylic acids is 1. The molecule has 0 bridgehead atoms. The third kappa shape index (κ3) is 4.48. The zero-order valence-electron chi connectivity index (χ0n) is 20.8. The summed E-state index contributed by atoms with van der Waals surface area (Å²) in [5.74, 6) is 2.27. The lowest BCUT2D eigenvalue weighted by atomic mass is 9.97. The Morgan fingerprint density at radius 2 is 1.97 bits per heavy atom. The minimum absolute atomic E-state index is 0.149. The molecule has 9 nitrogen and oxygen atoms in total. The number of nitrogens with zero attached hydrogens (tertiary/aromatic N) is 4. The second-order valence-electron chi connectivity index (χ2n) is 9.13. The third-order valence-electron chi connectivity index (χ3n) is 6.59. The highest BCUT2D eigenvalue weighted by Crippen LogP contribution is 2.38. The minimum atomic E-state index is 0.149. The normalized spacial score (nSPS) is 16.0. The Balaban J connectivity index is 1.24. The number of carbonyl (C=O) groups is 1. The molecule has 37 heavy (non-hydrogen) atoms. The second kappa shape index (κ2) is 9.44. The average Bonchev–Trinajstić information content (AvgIpc) is 3.61. The molecular weight excluding hydrogens is 492 g/mol. The van der Waals surface area contributed by atoms with Crippen molar-refractivity contribution in [2.24, 2.45) is 5.92 Å². The van der Waals surface area contributed by atoms with E-state index in [1.807, 2.05) is 60.5 Å². The summed E-state index contributed by atoms with van der Waals surface area (Å²) in [6.45, 7) is 3.13. The Hall–Kier alpha value is -4.05. The summed E-state index contributed by atoms with van der Waals surface area (Å²) in [6, 6.07) is 13.7. The number of amides is 1. The number of piperidine rings is 1. The number of imidazole rings is 1. The molecule has 6 rings (SSSR count). The van der Waals surface area contributed by atoms with Crippen LogP contribution < -0.4 is 19.1 Å². The van der Waals surface area contributed by atoms with Crippen LogP contribution in [0.2, 0.25) is 0 Å². The molecule has 0 N–H and O–H groups in total. The molecule has 0 spiro atoms. The van der Waals surface area contributed by atoms with Crippen LogP contribution in [0.3, 0.4) is 0 Å². The molecule has 1 aliphatic rings. The largest absolute Gasteiger partial charge is 0.496 e. The van der Waals surface area contributed by atoms with Crippen LogP contribution in [0.4, 0.5) is 5.69 Å². The summed E-state index contributed by atoms with van der Waals surface area (Å²) in [6.07, 6.45) is 3.09. The summed E-state index contributed by atoms with van der Waals surface area (Å²) in [7, 11) is 3.20. The van der Waals surface area contributed by atoms with Gasteiger partial charge in [0, 0.05) is 36.7 Å². The number of hydrogen-bond donors (Lipinski definition) is 0. The molecule has 1 unspecified atom stereocenters. The van der Waals surface area contributed by atoms with Gasteiger partial charge in [0.1, 0.15) is 22.8 Å². The van der Waals surface area contributed by atoms with E-state index in [0.717, 1.165) is 17.5 Å². The van der Waals surface area contributed by atoms with Crippen molar-refractivity contribution >= 4 is 38.9 Å². The fourth-order valence-corrected chi connectivity index (χ4v) is 5.26. The number of methoxy groups -OCH3 is 2. The van der Waals surface area contributed by atoms with E-state index in [4.69, 9.17) is 18.6 Å². The van der Waals surface area contributed by atoms with Gasteiger partial charge >= 0.3 is 0 Å². The molecule has 10 heteroatoms. The van der Waals surface area contributed by atoms with Crippen molar-refractivity contribution in [1.82, 2.24) is 14.6 Å². The lowest BCUT2D eigenvalue weighted by molar-refractivity contribution is -0.120. The number of aryl methyl sites for hydroxylation is 1. The molecule has 1 aliphatic heterocycles. The number of anilines is 1. The van der Waals surface area contributed by atoms with Gasteiger partial charge in [-0.3, -0.25) is 4.79 Å². The molecule has 0 saturated carbocycles. The van der Waals surface area contributed by atoms with Crippen LogP contribution in [0.1, 0.15) is 18.4 Å². The summed E-state index contributed by atoms with van der Waals surface area (Å²) >= 11 is 1.36. The number of aromatic nitrogens is 3. The molecular formula is C27H26N4O5S. The molecule has 1 amide bonds. The van der Waals surface area contributed by atoms with E-state index in [9.17, 15) is 4.79 Å². The van der Waals surface area contributed by atoms with Crippen LogP contribution in [-0.2, 0) is 4.79 Å². The van der Waals surface area contributed by atoms with Gasteiger partial charge in [0.25, 0.3) is 5.19 Å². The van der Waals surface area contributed by atoms with Crippen LogP contribution in [0.25, 0.3) is 27.4 Å². The summed E-state index contributed by atoms with van der Waals surface area (Å²) in [5.41, 5.74) is 3.41. The van der Waals surface area contributed by atoms with E-state index in [1.165, 1.54) is 16.9 Å². The zero-order valence-corrected chi connectivity index (χ0v) is 21.6. The van der Waals surface area contributed by atoms with Crippen molar-refractivity contribution in [3.63, 3.8) is 0 Å². The van der Waals surface area contributed by atoms with Crippen molar-refractivity contribution in [1.29, 1.82) is 0 Å². The number of hydrogen-bond acceptors (Lipinski definition) is 8. The molecule has 0 aliphatic carbocycles. The van der Waals surface area contributed by atoms with Crippen LogP contribution in [-0.4, -0.2) is 47.9 Å². The first kappa shape index (κ1) is 23.4. The van der Waals surface area contributed by atoms with Crippen LogP contribution in [0, 0.1) is 12.8 Å². The number of fused-ring (bicyclic) bond motifs is 2. The molecule has 4 heterocycles. The number of benzene rings is 2. The van der Waals surface area contributed by atoms with E-state index in [0.29, 0.717) is 58.3 Å². The fraction of sp³-hybridized carbons (Fsp3) is 0.296. The molecule has 190 valence electrons. The highest BCUT2D eigenvalue weighted by molar-refractivity contribution is 7.18. The average molecular weight is 519 g/mol. The predicted molar refractivity (Wildman–Crippen MR) is 141 cm³/mol. The number of rotatable bonds is 7. The monoisotopic (exact) mass is 518 g/mol. The molecule has 1 atom stereocenters. The van der Waals surface area contributed by atoms with E-state index < -0.39 is 0 Å². The van der Waals surface area contributed by atoms with Gasteiger partial charge in [0.2, 0.25) is 10.9 Å². The van der Waals surface area contributed by atoms with Gasteiger partial charge < -0.3 is 23.5 Å². The standard InChI is InChI=1S/C27H26N4O5S/c1-16-4-7-18(8-5-16)30-13-17(6-9-25(30)32)15-35-22-10-19(33-2)11-23-20(22)12-24(36-23)21-14-31-26(28-21)37-27(29-31)34-3/h4-5,7-8,10-12,14,17H,6,9,13,15H2,1-3H3. The third-order valence-corrected chi connectivity index (χ3v) is 7.47. The van der Waals surface area contributed by atoms with Gasteiger partial charge in [-0.05, 0) is 42.9 Å². The molecule has 1 fully saturated rings. The minimum Gasteiger partial charge on any atom is -0.496 e. The van der Waals surface area contributed by atoms with Crippen molar-refractivity contribution in [2.45, 2.75) is 19.8 Å². The summed E-state index contributed by atoms with van der Waals surface area (Å²) in [5, 5.41) is 5.71. The molecule has 5 aromatic rings. The van der Waals surface area contributed by atoms with E-state index in [1.54, 1.807) is 18.7 Å². The number of ether oxygens (including phenoxy) is 3. The van der Waals surface area contributed by atoms with Gasteiger partial charge in [-0.2, -0.15) is 0 Å². The fourth-order valence-electron chi connectivity index (χ4n) is 4.56. The van der Waals surface area contributed by atoms with E-state index >= 15 is 0 Å². The quantitative estimate of drug-likeness (QED) is 0.287. The lowest BCUT2D eigenvalue weighted by Gasteiger charge is -2.32. The maximum atomic E-state index is 12.6. The Morgan fingerprint density at radius 1 is 1.14 bits per heavy atom. The van der Waals surface area contributed by atoms with Crippen molar-refractivity contribution < 1.29 is 23.4 Å². The molecule has 2 aromatic carbocycles. The molecule has 0 radical (unpaired) electrons. The molecule has 1 saturated heterocycles. The predicted octanol–water partition coefficient (Wildman–Crippen LogP) is 5.35. The van der Waals surface area contributed by atoms with Crippen molar-refractivity contribution in [3.8, 4) is 28.1 Å². The Morgan fingerprint density at radius 3 is 2.73 bits per heavy atom. The van der Waals surface area contributed by atoms with Gasteiger partial charge in [0.05, 0.1) is 32.4 Å². The Labute approximate surface area is 217 Å². The van der Waals surface area contributed by atoms with Crippen LogP contribution in [0.15, 0.2) is 53.1 Å². The Bertz CT molecular complexity index is 1550. The smallest absolute Gasteiger partial charge is 0.294 e. The van der Waals surface area contributed by atoms with Gasteiger partial charge in [0.15, 0.2) is 5.76 Å². The van der Waals surface area contributed by atoms with Crippen LogP contribution in [0.5, 0.6) is 16.7 Å².